The first kappa shape index (κ1) is 32.6. The minimum absolute atomic E-state index is 0.113. The highest BCUT2D eigenvalue weighted by Crippen LogP contribution is 2.37. The van der Waals surface area contributed by atoms with Crippen LogP contribution in [0.25, 0.3) is 10.8 Å². The van der Waals surface area contributed by atoms with Gasteiger partial charge < -0.3 is 19.9 Å². The Morgan fingerprint density at radius 3 is 2.48 bits per heavy atom. The zero-order valence-corrected chi connectivity index (χ0v) is 26.2. The van der Waals surface area contributed by atoms with Gasteiger partial charge in [-0.05, 0) is 51.4 Å². The Morgan fingerprint density at radius 2 is 1.80 bits per heavy atom. The summed E-state index contributed by atoms with van der Waals surface area (Å²) >= 11 is 0. The van der Waals surface area contributed by atoms with Crippen LogP contribution in [-0.4, -0.2) is 75.1 Å². The molecule has 0 saturated heterocycles. The predicted octanol–water partition coefficient (Wildman–Crippen LogP) is 4.73. The van der Waals surface area contributed by atoms with Gasteiger partial charge in [0.2, 0.25) is 0 Å². The molecule has 3 aromatic carbocycles. The summed E-state index contributed by atoms with van der Waals surface area (Å²) in [5.74, 6) is -1.88. The van der Waals surface area contributed by atoms with E-state index in [1.54, 1.807) is 45.0 Å². The van der Waals surface area contributed by atoms with Crippen LogP contribution in [0.5, 0.6) is 0 Å². The molecule has 1 heterocycles. The molecule has 0 bridgehead atoms. The van der Waals surface area contributed by atoms with E-state index in [9.17, 15) is 28.1 Å². The zero-order chi connectivity index (χ0) is 32.2. The van der Waals surface area contributed by atoms with Crippen LogP contribution < -0.4 is 10.2 Å². The van der Waals surface area contributed by atoms with E-state index in [0.29, 0.717) is 17.4 Å². The number of nitrogens with one attached hydrogen (secondary N) is 1. The van der Waals surface area contributed by atoms with Crippen LogP contribution in [0.1, 0.15) is 38.8 Å². The minimum Gasteiger partial charge on any atom is -0.462 e. The van der Waals surface area contributed by atoms with Crippen LogP contribution in [0.4, 0.5) is 16.2 Å². The Hall–Kier alpha value is -4.36. The first-order chi connectivity index (χ1) is 20.8. The van der Waals surface area contributed by atoms with Gasteiger partial charge in [-0.1, -0.05) is 36.4 Å². The van der Waals surface area contributed by atoms with E-state index >= 15 is 0 Å². The summed E-state index contributed by atoms with van der Waals surface area (Å²) in [5, 5.41) is 15.9. The Balaban J connectivity index is 1.52. The Bertz CT molecular complexity index is 1700. The number of nitro groups is 1. The molecule has 0 saturated carbocycles. The smallest absolute Gasteiger partial charge is 0.344 e. The second-order valence-corrected chi connectivity index (χ2v) is 13.1. The lowest BCUT2D eigenvalue weighted by Crippen LogP contribution is -2.48. The topological polar surface area (TPSA) is 152 Å². The lowest BCUT2D eigenvalue weighted by atomic mass is 9.86. The van der Waals surface area contributed by atoms with Gasteiger partial charge in [0.05, 0.1) is 22.0 Å². The van der Waals surface area contributed by atoms with Gasteiger partial charge in [-0.15, -0.1) is 0 Å². The summed E-state index contributed by atoms with van der Waals surface area (Å²) in [4.78, 5) is 44.9. The number of amides is 2. The zero-order valence-electron chi connectivity index (χ0n) is 25.4. The summed E-state index contributed by atoms with van der Waals surface area (Å²) in [6.07, 6.45) is -0.0949. The van der Waals surface area contributed by atoms with Crippen molar-refractivity contribution in [3.8, 4) is 0 Å². The molecule has 0 radical (unpaired) electrons. The molecule has 0 aliphatic carbocycles. The van der Waals surface area contributed by atoms with Crippen LogP contribution in [0.15, 0.2) is 70.6 Å². The van der Waals surface area contributed by atoms with Crippen molar-refractivity contribution >= 4 is 49.7 Å². The molecule has 1 aliphatic rings. The number of hydrogen-bond acceptors (Lipinski definition) is 9. The molecule has 3 aromatic rings. The fourth-order valence-electron chi connectivity index (χ4n) is 5.43. The Kier molecular flexibility index (Phi) is 10.00. The molecular formula is C31H37N5O7S. The van der Waals surface area contributed by atoms with Crippen LogP contribution in [-0.2, 0) is 19.4 Å². The number of benzene rings is 3. The number of urea groups is 1. The number of esters is 1. The summed E-state index contributed by atoms with van der Waals surface area (Å²) < 4.78 is 32.2. The highest BCUT2D eigenvalue weighted by atomic mass is 32.2. The summed E-state index contributed by atoms with van der Waals surface area (Å²) in [6.45, 7) is 5.33. The second kappa shape index (κ2) is 13.5. The van der Waals surface area contributed by atoms with Gasteiger partial charge in [-0.2, -0.15) is 0 Å². The highest BCUT2D eigenvalue weighted by molar-refractivity contribution is 7.91. The van der Waals surface area contributed by atoms with Crippen molar-refractivity contribution in [1.29, 1.82) is 0 Å². The van der Waals surface area contributed by atoms with Crippen LogP contribution in [0.2, 0.25) is 0 Å². The summed E-state index contributed by atoms with van der Waals surface area (Å²) in [7, 11) is 0.0901. The molecule has 234 valence electrons. The molecule has 1 aliphatic heterocycles. The molecule has 0 fully saturated rings. The molecule has 44 heavy (non-hydrogen) atoms. The quantitative estimate of drug-likeness (QED) is 0.131. The number of nitro benzene ring substituents is 1. The maximum absolute atomic E-state index is 13.3. The number of aliphatic imine (C=N–C) groups is 1. The van der Waals surface area contributed by atoms with Crippen molar-refractivity contribution in [1.82, 2.24) is 10.2 Å². The van der Waals surface area contributed by atoms with E-state index in [1.165, 1.54) is 23.1 Å². The van der Waals surface area contributed by atoms with E-state index < -0.39 is 44.8 Å². The average molecular weight is 624 g/mol. The van der Waals surface area contributed by atoms with E-state index in [4.69, 9.17) is 4.74 Å². The van der Waals surface area contributed by atoms with Gasteiger partial charge >= 0.3 is 12.0 Å². The number of anilines is 1. The molecule has 2 unspecified atom stereocenters. The van der Waals surface area contributed by atoms with Crippen LogP contribution >= 0.6 is 0 Å². The first-order valence-electron chi connectivity index (χ1n) is 14.2. The van der Waals surface area contributed by atoms with Crippen molar-refractivity contribution < 1.29 is 27.7 Å². The lowest BCUT2D eigenvalue weighted by molar-refractivity contribution is -0.385. The van der Waals surface area contributed by atoms with Crippen LogP contribution in [0.3, 0.4) is 0 Å². The molecule has 2 amide bonds. The highest BCUT2D eigenvalue weighted by Gasteiger charge is 2.43. The molecule has 4 rings (SSSR count). The third-order valence-electron chi connectivity index (χ3n) is 7.37. The summed E-state index contributed by atoms with van der Waals surface area (Å²) in [5.41, 5.74) is 1.38. The SMILES string of the molecule is CC1=NC(=O)N(CCCNCS(=O)(=O)c2cccc3c(N(C)C)cccc23)C(c2cccc([N+](=O)[O-])c2)C1C(=O)OC(C)C. The fraction of sp³-hybridized carbons (Fsp3) is 0.387. The van der Waals surface area contributed by atoms with E-state index in [1.807, 2.05) is 37.2 Å². The number of carbonyl (C=O) groups is 2. The van der Waals surface area contributed by atoms with Gasteiger partial charge in [-0.3, -0.25) is 14.9 Å². The third-order valence-corrected chi connectivity index (χ3v) is 8.98. The Labute approximate surface area is 256 Å². The van der Waals surface area contributed by atoms with Crippen molar-refractivity contribution in [2.24, 2.45) is 10.9 Å². The average Bonchev–Trinajstić information content (AvgIpc) is 2.96. The predicted molar refractivity (Wildman–Crippen MR) is 169 cm³/mol. The van der Waals surface area contributed by atoms with Crippen molar-refractivity contribution in [2.75, 3.05) is 38.0 Å². The minimum atomic E-state index is -3.71. The normalized spacial score (nSPS) is 17.1. The molecule has 0 aromatic heterocycles. The number of rotatable bonds is 12. The number of non-ortho nitro benzene ring substituents is 1. The standard InChI is InChI=1S/C31H37N5O7S/c1-20(2)43-30(37)28-21(3)33-31(38)35(29(28)22-10-6-11-23(18-22)36(39)40)17-9-16-32-19-44(41,42)27-15-8-12-24-25(27)13-7-14-26(24)34(4)5/h6-8,10-15,18,20,28-29,32H,9,16-17,19H2,1-5H3. The molecular weight excluding hydrogens is 586 g/mol. The number of nitrogens with zero attached hydrogens (tertiary/aromatic N) is 4. The first-order valence-corrected chi connectivity index (χ1v) is 15.9. The van der Waals surface area contributed by atoms with E-state index in [2.05, 4.69) is 10.3 Å². The van der Waals surface area contributed by atoms with Crippen LogP contribution in [0, 0.1) is 16.0 Å². The van der Waals surface area contributed by atoms with Crippen molar-refractivity contribution in [2.45, 2.75) is 44.2 Å². The van der Waals surface area contributed by atoms with Crippen molar-refractivity contribution in [3.05, 3.63) is 76.3 Å². The third kappa shape index (κ3) is 7.05. The number of fused-ring (bicyclic) bond motifs is 1. The number of sulfone groups is 1. The maximum atomic E-state index is 13.3. The summed E-state index contributed by atoms with van der Waals surface area (Å²) in [6, 6.07) is 15.1. The number of hydrogen-bond donors (Lipinski definition) is 1. The number of carbonyl (C=O) groups excluding carboxylic acids is 2. The van der Waals surface area contributed by atoms with Gasteiger partial charge in [-0.25, -0.2) is 18.2 Å². The van der Waals surface area contributed by atoms with Gasteiger partial charge in [0.1, 0.15) is 11.8 Å². The van der Waals surface area contributed by atoms with Gasteiger partial charge in [0, 0.05) is 54.9 Å². The second-order valence-electron chi connectivity index (χ2n) is 11.1. The van der Waals surface area contributed by atoms with E-state index in [0.717, 1.165) is 11.1 Å². The molecule has 13 heteroatoms. The molecule has 2 atom stereocenters. The van der Waals surface area contributed by atoms with Gasteiger partial charge in [0.25, 0.3) is 5.69 Å². The molecule has 12 nitrogen and oxygen atoms in total. The largest absolute Gasteiger partial charge is 0.462 e. The lowest BCUT2D eigenvalue weighted by Gasteiger charge is -2.38. The fourth-order valence-corrected chi connectivity index (χ4v) is 6.80. The van der Waals surface area contributed by atoms with Gasteiger partial charge in [0.15, 0.2) is 9.84 Å². The maximum Gasteiger partial charge on any atom is 0.344 e. The monoisotopic (exact) mass is 623 g/mol. The Morgan fingerprint density at radius 1 is 1.11 bits per heavy atom. The number of ether oxygens (including phenoxy) is 1. The van der Waals surface area contributed by atoms with Crippen molar-refractivity contribution in [3.63, 3.8) is 0 Å². The molecule has 0 spiro atoms. The molecule has 1 N–H and O–H groups in total. The van der Waals surface area contributed by atoms with E-state index in [-0.39, 0.29) is 35.3 Å².